The molecule has 0 spiro atoms. The number of fused-ring (bicyclic) bond motifs is 1. The molecule has 1 saturated heterocycles. The summed E-state index contributed by atoms with van der Waals surface area (Å²) in [5, 5.41) is 9.84. The van der Waals surface area contributed by atoms with Gasteiger partial charge in [-0.05, 0) is 6.42 Å². The molecule has 2 aromatic rings. The Hall–Kier alpha value is -1.62. The van der Waals surface area contributed by atoms with E-state index in [4.69, 9.17) is 19.7 Å². The summed E-state index contributed by atoms with van der Waals surface area (Å²) >= 11 is 0. The largest absolute Gasteiger partial charge is 0.394 e. The van der Waals surface area contributed by atoms with Crippen molar-refractivity contribution in [2.24, 2.45) is 0 Å². The van der Waals surface area contributed by atoms with E-state index >= 15 is 0 Å². The van der Waals surface area contributed by atoms with Gasteiger partial charge in [0.1, 0.15) is 30.2 Å². The molecule has 3 heterocycles. The van der Waals surface area contributed by atoms with Gasteiger partial charge in [-0.15, -0.1) is 0 Å². The second kappa shape index (κ2) is 17.2. The van der Waals surface area contributed by atoms with Gasteiger partial charge < -0.3 is 29.7 Å². The van der Waals surface area contributed by atoms with Gasteiger partial charge >= 0.3 is 8.25 Å². The van der Waals surface area contributed by atoms with E-state index in [0.717, 1.165) is 19.3 Å². The molecule has 1 aliphatic heterocycles. The molecule has 38 heavy (non-hydrogen) atoms. The Bertz CT molecular complexity index is 963. The minimum atomic E-state index is -3.28. The third-order valence-corrected chi connectivity index (χ3v) is 7.65. The molecule has 1 aliphatic rings. The molecule has 0 bridgehead atoms. The summed E-state index contributed by atoms with van der Waals surface area (Å²) in [7, 11) is -3.28. The highest BCUT2D eigenvalue weighted by atomic mass is 31.1. The number of hydrogen-bond donors (Lipinski definition) is 3. The summed E-state index contributed by atoms with van der Waals surface area (Å²) in [6.45, 7) is 2.31. The zero-order valence-corrected chi connectivity index (χ0v) is 23.7. The van der Waals surface area contributed by atoms with Crippen molar-refractivity contribution in [3.05, 3.63) is 12.7 Å². The van der Waals surface area contributed by atoms with Crippen molar-refractivity contribution >= 4 is 25.2 Å². The number of nitrogen functional groups attached to an aromatic ring is 1. The maximum atomic E-state index is 11.5. The number of anilines is 1. The van der Waals surface area contributed by atoms with E-state index in [1.54, 1.807) is 4.57 Å². The van der Waals surface area contributed by atoms with Crippen LogP contribution in [0.1, 0.15) is 103 Å². The van der Waals surface area contributed by atoms with E-state index in [0.29, 0.717) is 17.8 Å². The fraction of sp³-hybridized carbons (Fsp3) is 0.808. The first-order valence-corrected chi connectivity index (χ1v) is 15.5. The molecule has 0 aliphatic carbocycles. The quantitative estimate of drug-likeness (QED) is 0.151. The topological polar surface area (TPSA) is 155 Å². The highest BCUT2D eigenvalue weighted by molar-refractivity contribution is 7.32. The molecule has 0 amide bonds. The van der Waals surface area contributed by atoms with Crippen molar-refractivity contribution < 1.29 is 28.6 Å². The second-order valence-electron chi connectivity index (χ2n) is 10.1. The zero-order valence-electron chi connectivity index (χ0n) is 22.7. The van der Waals surface area contributed by atoms with Gasteiger partial charge in [0.15, 0.2) is 17.7 Å². The van der Waals surface area contributed by atoms with Gasteiger partial charge in [0, 0.05) is 6.61 Å². The van der Waals surface area contributed by atoms with Crippen LogP contribution >= 0.6 is 8.25 Å². The van der Waals surface area contributed by atoms with Gasteiger partial charge in [0.25, 0.3) is 0 Å². The number of unbranched alkanes of at least 4 members (excludes halogenated alkanes) is 13. The van der Waals surface area contributed by atoms with E-state index in [9.17, 15) is 14.6 Å². The van der Waals surface area contributed by atoms with Crippen LogP contribution in [-0.2, 0) is 18.6 Å². The van der Waals surface area contributed by atoms with Gasteiger partial charge in [-0.1, -0.05) is 90.4 Å². The molecule has 11 nitrogen and oxygen atoms in total. The lowest BCUT2D eigenvalue weighted by Crippen LogP contribution is -2.37. The number of rotatable bonds is 20. The highest BCUT2D eigenvalue weighted by Gasteiger charge is 2.48. The van der Waals surface area contributed by atoms with Gasteiger partial charge in [0.2, 0.25) is 0 Å². The number of aromatic nitrogens is 4. The van der Waals surface area contributed by atoms with Crippen LogP contribution in [0.5, 0.6) is 0 Å². The van der Waals surface area contributed by atoms with Crippen molar-refractivity contribution in [3.63, 3.8) is 0 Å². The Morgan fingerprint density at radius 3 is 2.13 bits per heavy atom. The monoisotopic (exact) mass is 555 g/mol. The van der Waals surface area contributed by atoms with Crippen molar-refractivity contribution in [3.8, 4) is 0 Å². The lowest BCUT2D eigenvalue weighted by atomic mass is 10.0. The molecular weight excluding hydrogens is 509 g/mol. The zero-order chi connectivity index (χ0) is 27.2. The fourth-order valence-corrected chi connectivity index (χ4v) is 5.61. The van der Waals surface area contributed by atoms with Crippen LogP contribution < -0.4 is 5.73 Å². The van der Waals surface area contributed by atoms with Gasteiger partial charge in [-0.3, -0.25) is 9.13 Å². The summed E-state index contributed by atoms with van der Waals surface area (Å²) in [5.74, 6) is 0.235. The predicted octanol–water partition coefficient (Wildman–Crippen LogP) is 4.93. The van der Waals surface area contributed by atoms with Gasteiger partial charge in [0.05, 0.1) is 12.9 Å². The second-order valence-corrected chi connectivity index (χ2v) is 10.9. The average molecular weight is 556 g/mol. The number of nitrogens with two attached hydrogens (primary N) is 1. The SMILES string of the molecule is CCCCCCCCCCCCCCCCOC1C(O[PH](=O)O)[C@@H](CO)O[C@H]1n1cnc2c(N)ncnc21. The summed E-state index contributed by atoms with van der Waals surface area (Å²) in [6.07, 6.45) is 17.3. The number of nitrogens with zero attached hydrogens (tertiary/aromatic N) is 4. The number of hydrogen-bond acceptors (Lipinski definition) is 9. The minimum absolute atomic E-state index is 0.235. The maximum Gasteiger partial charge on any atom is 0.317 e. The predicted molar refractivity (Wildman–Crippen MR) is 147 cm³/mol. The molecule has 0 radical (unpaired) electrons. The molecule has 5 atom stereocenters. The van der Waals surface area contributed by atoms with Crippen LogP contribution in [0.25, 0.3) is 11.2 Å². The van der Waals surface area contributed by atoms with Crippen molar-refractivity contribution in [1.29, 1.82) is 0 Å². The summed E-state index contributed by atoms with van der Waals surface area (Å²) in [6, 6.07) is 0. The van der Waals surface area contributed by atoms with Crippen LogP contribution in [-0.4, -0.2) is 61.0 Å². The Balaban J connectivity index is 1.41. The molecule has 2 aromatic heterocycles. The standard InChI is InChI=1S/C26H46N5O6P/c1-2-3-4-5-6-7-8-9-10-11-12-13-14-15-16-35-23-22(37-38(33)34)20(17-32)36-26(23)31-19-30-21-24(27)28-18-29-25(21)31/h18-20,22-23,26,32,38H,2-17H2,1H3,(H,33,34)(H2,27,28,29)/t20-,22?,23?,26-/m1/s1. The van der Waals surface area contributed by atoms with Crippen molar-refractivity contribution in [2.75, 3.05) is 18.9 Å². The Morgan fingerprint density at radius 1 is 0.947 bits per heavy atom. The summed E-state index contributed by atoms with van der Waals surface area (Å²) < 4.78 is 30.6. The van der Waals surface area contributed by atoms with Crippen molar-refractivity contribution in [2.45, 2.75) is 121 Å². The van der Waals surface area contributed by atoms with Crippen LogP contribution in [0.15, 0.2) is 12.7 Å². The Kier molecular flexibility index (Phi) is 14.0. The van der Waals surface area contributed by atoms with E-state index in [1.165, 1.54) is 83.3 Å². The lowest BCUT2D eigenvalue weighted by molar-refractivity contribution is -0.0705. The number of aliphatic hydroxyl groups is 1. The maximum absolute atomic E-state index is 11.5. The van der Waals surface area contributed by atoms with Crippen LogP contribution in [0.3, 0.4) is 0 Å². The van der Waals surface area contributed by atoms with Crippen molar-refractivity contribution in [1.82, 2.24) is 19.5 Å². The van der Waals surface area contributed by atoms with Gasteiger partial charge in [-0.2, -0.15) is 0 Å². The Morgan fingerprint density at radius 2 is 1.55 bits per heavy atom. The first-order valence-electron chi connectivity index (χ1n) is 14.3. The molecule has 12 heteroatoms. The van der Waals surface area contributed by atoms with E-state index in [2.05, 4.69) is 21.9 Å². The molecular formula is C26H46N5O6P. The van der Waals surface area contributed by atoms with Gasteiger partial charge in [-0.25, -0.2) is 15.0 Å². The molecule has 216 valence electrons. The molecule has 3 rings (SSSR count). The number of imidazole rings is 1. The first-order chi connectivity index (χ1) is 18.6. The van der Waals surface area contributed by atoms with Crippen LogP contribution in [0.2, 0.25) is 0 Å². The van der Waals surface area contributed by atoms with Crippen LogP contribution in [0, 0.1) is 0 Å². The van der Waals surface area contributed by atoms with Crippen LogP contribution in [0.4, 0.5) is 5.82 Å². The molecule has 0 aromatic carbocycles. The van der Waals surface area contributed by atoms with E-state index < -0.39 is 39.4 Å². The third kappa shape index (κ3) is 9.24. The first kappa shape index (κ1) is 30.9. The average Bonchev–Trinajstić information content (AvgIpc) is 3.48. The molecule has 4 N–H and O–H groups in total. The van der Waals surface area contributed by atoms with E-state index in [1.807, 2.05) is 0 Å². The lowest BCUT2D eigenvalue weighted by Gasteiger charge is -2.24. The Labute approximate surface area is 226 Å². The smallest absolute Gasteiger partial charge is 0.317 e. The molecule has 3 unspecified atom stereocenters. The fourth-order valence-electron chi connectivity index (χ4n) is 5.09. The summed E-state index contributed by atoms with van der Waals surface area (Å²) in [5.41, 5.74) is 6.78. The molecule has 0 saturated carbocycles. The number of aliphatic hydroxyl groups excluding tert-OH is 1. The molecule has 1 fully saturated rings. The normalized spacial score (nSPS) is 22.4. The summed E-state index contributed by atoms with van der Waals surface area (Å²) in [4.78, 5) is 21.9. The minimum Gasteiger partial charge on any atom is -0.394 e. The highest BCUT2D eigenvalue weighted by Crippen LogP contribution is 2.39. The number of ether oxygens (including phenoxy) is 2. The van der Waals surface area contributed by atoms with E-state index in [-0.39, 0.29) is 5.82 Å². The third-order valence-electron chi connectivity index (χ3n) is 7.17.